The molecule has 1 aliphatic heterocycles. The zero-order valence-electron chi connectivity index (χ0n) is 7.10. The summed E-state index contributed by atoms with van der Waals surface area (Å²) in [6, 6.07) is 2.59. The van der Waals surface area contributed by atoms with E-state index < -0.39 is 10.1 Å². The summed E-state index contributed by atoms with van der Waals surface area (Å²) in [5.41, 5.74) is 0.254. The van der Waals surface area contributed by atoms with E-state index >= 15 is 0 Å². The van der Waals surface area contributed by atoms with Gasteiger partial charge in [0.2, 0.25) is 0 Å². The first kappa shape index (κ1) is 9.22. The Bertz CT molecular complexity index is 488. The van der Waals surface area contributed by atoms with Crippen LogP contribution in [-0.2, 0) is 16.7 Å². The number of aromatic nitrogens is 1. The van der Waals surface area contributed by atoms with Crippen LogP contribution in [0.5, 0.6) is 0 Å². The van der Waals surface area contributed by atoms with Crippen molar-refractivity contribution in [1.82, 2.24) is 9.88 Å². The van der Waals surface area contributed by atoms with Gasteiger partial charge in [-0.15, -0.1) is 0 Å². The quantitative estimate of drug-likeness (QED) is 0.618. The normalized spacial score (nSPS) is 16.2. The van der Waals surface area contributed by atoms with Gasteiger partial charge < -0.3 is 9.88 Å². The van der Waals surface area contributed by atoms with Crippen molar-refractivity contribution in [2.45, 2.75) is 11.6 Å². The van der Waals surface area contributed by atoms with E-state index in [-0.39, 0.29) is 16.6 Å². The molecule has 0 aliphatic carbocycles. The van der Waals surface area contributed by atoms with Crippen LogP contribution in [-0.4, -0.2) is 30.0 Å². The molecule has 0 bridgehead atoms. The molecule has 0 atom stereocenters. The molecule has 0 saturated heterocycles. The van der Waals surface area contributed by atoms with Crippen molar-refractivity contribution < 1.29 is 17.8 Å². The van der Waals surface area contributed by atoms with Crippen LogP contribution in [0.2, 0.25) is 0 Å². The van der Waals surface area contributed by atoms with Gasteiger partial charge in [0.15, 0.2) is 5.03 Å². The van der Waals surface area contributed by atoms with Gasteiger partial charge in [-0.1, -0.05) is 0 Å². The molecule has 0 spiro atoms. The van der Waals surface area contributed by atoms with E-state index in [1.807, 2.05) is 0 Å². The van der Waals surface area contributed by atoms with Crippen LogP contribution in [0.25, 0.3) is 0 Å². The highest BCUT2D eigenvalue weighted by Gasteiger charge is 2.24. The molecule has 1 aromatic heterocycles. The monoisotopic (exact) mass is 216 g/mol. The highest BCUT2D eigenvalue weighted by Crippen LogP contribution is 2.16. The van der Waals surface area contributed by atoms with Gasteiger partial charge in [0.25, 0.3) is 5.91 Å². The summed E-state index contributed by atoms with van der Waals surface area (Å²) in [6.45, 7) is 0.715. The average Bonchev–Trinajstić information content (AvgIpc) is 2.47. The summed E-state index contributed by atoms with van der Waals surface area (Å²) in [4.78, 5) is 11.2. The van der Waals surface area contributed by atoms with Crippen LogP contribution in [0.3, 0.4) is 0 Å². The lowest BCUT2D eigenvalue weighted by molar-refractivity contribution is 0.0926. The highest BCUT2D eigenvalue weighted by atomic mass is 32.2. The van der Waals surface area contributed by atoms with Crippen molar-refractivity contribution in [1.29, 1.82) is 0 Å². The first-order valence-electron chi connectivity index (χ1n) is 3.95. The fourth-order valence-electron chi connectivity index (χ4n) is 1.47. The van der Waals surface area contributed by atoms with Crippen LogP contribution >= 0.6 is 0 Å². The second kappa shape index (κ2) is 2.82. The number of carbonyl (C=O) groups excluding carboxylic acids is 1. The zero-order valence-corrected chi connectivity index (χ0v) is 7.91. The van der Waals surface area contributed by atoms with Gasteiger partial charge in [-0.3, -0.25) is 9.35 Å². The van der Waals surface area contributed by atoms with Gasteiger partial charge >= 0.3 is 10.1 Å². The van der Waals surface area contributed by atoms with Crippen molar-refractivity contribution in [3.63, 3.8) is 0 Å². The van der Waals surface area contributed by atoms with Gasteiger partial charge in [0.05, 0.1) is 0 Å². The molecule has 0 saturated carbocycles. The molecule has 76 valence electrons. The minimum absolute atomic E-state index is 0.234. The van der Waals surface area contributed by atoms with Crippen LogP contribution in [0, 0.1) is 0 Å². The van der Waals surface area contributed by atoms with Crippen molar-refractivity contribution >= 4 is 16.0 Å². The van der Waals surface area contributed by atoms with E-state index in [0.29, 0.717) is 13.1 Å². The third kappa shape index (κ3) is 1.30. The maximum atomic E-state index is 11.2. The maximum Gasteiger partial charge on any atom is 0.310 e. The molecule has 2 N–H and O–H groups in total. The topological polar surface area (TPSA) is 88.4 Å². The summed E-state index contributed by atoms with van der Waals surface area (Å²) in [5.74, 6) is -0.328. The molecular weight excluding hydrogens is 208 g/mol. The fourth-order valence-corrected chi connectivity index (χ4v) is 2.18. The molecule has 2 heterocycles. The van der Waals surface area contributed by atoms with E-state index in [9.17, 15) is 13.2 Å². The molecule has 1 aliphatic rings. The standard InChI is InChI=1S/C7H8N2O4S/c10-7-5-1-2-6(14(11,12)13)9(5)4-3-8-7/h1-2H,3-4H2,(H,8,10)(H,11,12,13). The number of nitrogens with zero attached hydrogens (tertiary/aromatic N) is 1. The maximum absolute atomic E-state index is 11.2. The Kier molecular flexibility index (Phi) is 1.86. The number of hydrogen-bond acceptors (Lipinski definition) is 3. The predicted molar refractivity (Wildman–Crippen MR) is 46.6 cm³/mol. The number of fused-ring (bicyclic) bond motifs is 1. The van der Waals surface area contributed by atoms with E-state index in [1.54, 1.807) is 0 Å². The molecule has 0 aromatic carbocycles. The molecule has 7 heteroatoms. The lowest BCUT2D eigenvalue weighted by Gasteiger charge is -2.17. The summed E-state index contributed by atoms with van der Waals surface area (Å²) in [6.07, 6.45) is 0. The second-order valence-electron chi connectivity index (χ2n) is 2.94. The third-order valence-electron chi connectivity index (χ3n) is 2.06. The Balaban J connectivity index is 2.63. The molecule has 1 amide bonds. The third-order valence-corrected chi connectivity index (χ3v) is 2.94. The smallest absolute Gasteiger partial charge is 0.310 e. The highest BCUT2D eigenvalue weighted by molar-refractivity contribution is 7.85. The van der Waals surface area contributed by atoms with Crippen LogP contribution in [0.4, 0.5) is 0 Å². The largest absolute Gasteiger partial charge is 0.349 e. The molecule has 14 heavy (non-hydrogen) atoms. The molecule has 2 rings (SSSR count). The Morgan fingerprint density at radius 3 is 2.79 bits per heavy atom. The minimum Gasteiger partial charge on any atom is -0.349 e. The van der Waals surface area contributed by atoms with Gasteiger partial charge in [0, 0.05) is 13.1 Å². The van der Waals surface area contributed by atoms with E-state index in [0.717, 1.165) is 0 Å². The van der Waals surface area contributed by atoms with Crippen molar-refractivity contribution in [3.8, 4) is 0 Å². The van der Waals surface area contributed by atoms with Crippen LogP contribution in [0.15, 0.2) is 17.2 Å². The number of nitrogens with one attached hydrogen (secondary N) is 1. The Morgan fingerprint density at radius 2 is 2.14 bits per heavy atom. The number of carbonyl (C=O) groups is 1. The minimum atomic E-state index is -4.24. The summed E-state index contributed by atoms with van der Waals surface area (Å²) < 4.78 is 31.9. The first-order valence-corrected chi connectivity index (χ1v) is 5.39. The summed E-state index contributed by atoms with van der Waals surface area (Å²) in [7, 11) is -4.24. The molecular formula is C7H8N2O4S. The Hall–Kier alpha value is -1.34. The second-order valence-corrected chi connectivity index (χ2v) is 4.31. The molecule has 1 aromatic rings. The molecule has 6 nitrogen and oxygen atoms in total. The van der Waals surface area contributed by atoms with Crippen LogP contribution < -0.4 is 5.32 Å². The lowest BCUT2D eigenvalue weighted by Crippen LogP contribution is -2.35. The van der Waals surface area contributed by atoms with Gasteiger partial charge in [-0.05, 0) is 12.1 Å². The molecule has 0 radical (unpaired) electrons. The van der Waals surface area contributed by atoms with Crippen molar-refractivity contribution in [2.75, 3.05) is 6.54 Å². The van der Waals surface area contributed by atoms with Crippen molar-refractivity contribution in [2.24, 2.45) is 0 Å². The summed E-state index contributed by atoms with van der Waals surface area (Å²) >= 11 is 0. The predicted octanol–water partition coefficient (Wildman–Crippen LogP) is -0.522. The zero-order chi connectivity index (χ0) is 10.3. The van der Waals surface area contributed by atoms with Gasteiger partial charge in [-0.25, -0.2) is 0 Å². The number of rotatable bonds is 1. The SMILES string of the molecule is O=C1NCCn2c1ccc2S(=O)(=O)O. The molecule has 0 fully saturated rings. The van der Waals surface area contributed by atoms with Gasteiger partial charge in [0.1, 0.15) is 5.69 Å². The van der Waals surface area contributed by atoms with E-state index in [2.05, 4.69) is 5.32 Å². The Morgan fingerprint density at radius 1 is 1.43 bits per heavy atom. The number of hydrogen-bond donors (Lipinski definition) is 2. The average molecular weight is 216 g/mol. The number of amides is 1. The molecule has 0 unspecified atom stereocenters. The fraction of sp³-hybridized carbons (Fsp3) is 0.286. The van der Waals surface area contributed by atoms with Gasteiger partial charge in [-0.2, -0.15) is 8.42 Å². The van der Waals surface area contributed by atoms with Crippen LogP contribution in [0.1, 0.15) is 10.5 Å². The Labute approximate surface area is 80.3 Å². The first-order chi connectivity index (χ1) is 6.50. The van der Waals surface area contributed by atoms with E-state index in [4.69, 9.17) is 4.55 Å². The lowest BCUT2D eigenvalue weighted by atomic mass is 10.3. The summed E-state index contributed by atoms with van der Waals surface area (Å²) in [5, 5.41) is 2.33. The van der Waals surface area contributed by atoms with Crippen molar-refractivity contribution in [3.05, 3.63) is 17.8 Å². The van der Waals surface area contributed by atoms with E-state index in [1.165, 1.54) is 16.7 Å².